The summed E-state index contributed by atoms with van der Waals surface area (Å²) in [7, 11) is -3.22. The zero-order chi connectivity index (χ0) is 31.3. The van der Waals surface area contributed by atoms with Crippen molar-refractivity contribution in [1.29, 1.82) is 0 Å². The van der Waals surface area contributed by atoms with Crippen LogP contribution < -0.4 is 4.90 Å². The Balaban J connectivity index is 1.93. The van der Waals surface area contributed by atoms with Gasteiger partial charge in [-0.15, -0.1) is 0 Å². The monoisotopic (exact) mass is 607 g/mol. The van der Waals surface area contributed by atoms with Crippen LogP contribution in [-0.2, 0) is 35.1 Å². The van der Waals surface area contributed by atoms with Crippen molar-refractivity contribution < 1.29 is 23.2 Å². The van der Waals surface area contributed by atoms with Gasteiger partial charge in [0.25, 0.3) is 0 Å². The number of rotatable bonds is 7. The number of carbonyl (C=O) groups excluding carboxylic acids is 2. The zero-order valence-corrected chi connectivity index (χ0v) is 29.3. The molecule has 1 spiro atoms. The van der Waals surface area contributed by atoms with Crippen molar-refractivity contribution in [2.24, 2.45) is 0 Å². The van der Waals surface area contributed by atoms with Gasteiger partial charge in [-0.05, 0) is 66.0 Å². The van der Waals surface area contributed by atoms with Crippen LogP contribution in [0.2, 0.25) is 36.3 Å². The second-order valence-corrected chi connectivity index (χ2v) is 24.3. The minimum absolute atomic E-state index is 0.0504. The van der Waals surface area contributed by atoms with Gasteiger partial charge in [-0.25, -0.2) is 4.79 Å². The van der Waals surface area contributed by atoms with Gasteiger partial charge in [0.15, 0.2) is 16.6 Å². The highest BCUT2D eigenvalue weighted by Gasteiger charge is 2.60. The van der Waals surface area contributed by atoms with E-state index in [-0.39, 0.29) is 16.0 Å². The van der Waals surface area contributed by atoms with Gasteiger partial charge in [0, 0.05) is 5.69 Å². The summed E-state index contributed by atoms with van der Waals surface area (Å²) in [5, 5.41) is -0.101. The molecule has 0 aromatic heterocycles. The normalized spacial score (nSPS) is 23.2. The lowest BCUT2D eigenvalue weighted by atomic mass is 9.67. The third-order valence-corrected chi connectivity index (χ3v) is 19.0. The van der Waals surface area contributed by atoms with E-state index in [9.17, 15) is 9.59 Å². The second kappa shape index (κ2) is 11.2. The van der Waals surface area contributed by atoms with E-state index < -0.39 is 40.2 Å². The molecule has 2 aromatic carbocycles. The zero-order valence-electron chi connectivity index (χ0n) is 27.3. The molecule has 0 saturated heterocycles. The van der Waals surface area contributed by atoms with Crippen LogP contribution in [0, 0.1) is 0 Å². The predicted octanol–water partition coefficient (Wildman–Crippen LogP) is 7.76. The number of hydrogen-bond donors (Lipinski definition) is 0. The van der Waals surface area contributed by atoms with Crippen molar-refractivity contribution in [1.82, 2.24) is 0 Å². The van der Waals surface area contributed by atoms with E-state index in [1.807, 2.05) is 65.6 Å². The maximum absolute atomic E-state index is 14.8. The molecule has 1 heterocycles. The average Bonchev–Trinajstić information content (AvgIpc) is 3.12. The molecular weight excluding hydrogens is 559 g/mol. The Kier molecular flexibility index (Phi) is 8.63. The molecule has 4 rings (SSSR count). The van der Waals surface area contributed by atoms with Crippen molar-refractivity contribution in [3.8, 4) is 0 Å². The molecule has 0 bridgehead atoms. The van der Waals surface area contributed by atoms with Gasteiger partial charge < -0.3 is 18.5 Å². The minimum Gasteiger partial charge on any atom is -0.466 e. The lowest BCUT2D eigenvalue weighted by Gasteiger charge is -2.48. The smallest absolute Gasteiger partial charge is 0.334 e. The first-order valence-electron chi connectivity index (χ1n) is 15.0. The van der Waals surface area contributed by atoms with Crippen LogP contribution in [0.5, 0.6) is 0 Å². The molecule has 1 amide bonds. The first-order valence-corrected chi connectivity index (χ1v) is 20.8. The third-order valence-electron chi connectivity index (χ3n) is 10.0. The summed E-state index contributed by atoms with van der Waals surface area (Å²) >= 11 is 0. The van der Waals surface area contributed by atoms with Crippen molar-refractivity contribution in [3.63, 3.8) is 0 Å². The lowest BCUT2D eigenvalue weighted by Crippen LogP contribution is -2.57. The molecule has 0 N–H and O–H groups in total. The highest BCUT2D eigenvalue weighted by Crippen LogP contribution is 2.54. The van der Waals surface area contributed by atoms with E-state index in [1.54, 1.807) is 0 Å². The van der Waals surface area contributed by atoms with Crippen LogP contribution in [-0.4, -0.2) is 47.8 Å². The van der Waals surface area contributed by atoms with E-state index in [0.29, 0.717) is 18.5 Å². The van der Waals surface area contributed by atoms with Crippen LogP contribution >= 0.6 is 0 Å². The number of esters is 1. The second-order valence-electron chi connectivity index (χ2n) is 14.8. The van der Waals surface area contributed by atoms with Gasteiger partial charge in [-0.3, -0.25) is 4.79 Å². The van der Waals surface area contributed by atoms with E-state index in [1.165, 1.54) is 7.11 Å². The summed E-state index contributed by atoms with van der Waals surface area (Å²) < 4.78 is 19.5. The maximum atomic E-state index is 14.8. The molecule has 228 valence electrons. The molecule has 8 heteroatoms. The molecule has 0 radical (unpaired) electrons. The Morgan fingerprint density at radius 2 is 1.43 bits per heavy atom. The van der Waals surface area contributed by atoms with Gasteiger partial charge in [0.2, 0.25) is 5.91 Å². The molecule has 1 aliphatic heterocycles. The summed E-state index contributed by atoms with van der Waals surface area (Å²) in [4.78, 5) is 30.3. The van der Waals surface area contributed by atoms with Crippen LogP contribution in [0.3, 0.4) is 0 Å². The summed E-state index contributed by atoms with van der Waals surface area (Å²) in [6.07, 6.45) is 1.28. The average molecular weight is 608 g/mol. The highest BCUT2D eigenvalue weighted by molar-refractivity contribution is 6.74. The van der Waals surface area contributed by atoms with Crippen LogP contribution in [0.1, 0.15) is 59.1 Å². The van der Waals surface area contributed by atoms with Gasteiger partial charge in [0.05, 0.1) is 31.4 Å². The lowest BCUT2D eigenvalue weighted by molar-refractivity contribution is -0.139. The SMILES string of the molecule is COC(=O)C1=C[C@@H](O[Si](C)(C)C(C)(C)C)[C@H](O[Si](C)(C)C(C)(C)C)C[C@]12C(=O)N(Cc1ccccc1)c1ccccc12. The first-order chi connectivity index (χ1) is 19.4. The molecule has 6 nitrogen and oxygen atoms in total. The van der Waals surface area contributed by atoms with Gasteiger partial charge in [-0.2, -0.15) is 0 Å². The number of carbonyl (C=O) groups is 2. The van der Waals surface area contributed by atoms with Crippen LogP contribution in [0.15, 0.2) is 66.2 Å². The number of hydrogen-bond acceptors (Lipinski definition) is 5. The number of methoxy groups -OCH3 is 1. The van der Waals surface area contributed by atoms with E-state index in [4.69, 9.17) is 13.6 Å². The Labute approximate surface area is 254 Å². The summed E-state index contributed by atoms with van der Waals surface area (Å²) in [6.45, 7) is 22.6. The molecule has 0 unspecified atom stereocenters. The molecule has 42 heavy (non-hydrogen) atoms. The number of anilines is 1. The standard InChI is InChI=1S/C34H49NO5Si2/c1-32(2,3)41(8,9)39-28-21-26(30(36)38-7)34(22-29(28)40-42(10,11)33(4,5)6)25-19-15-16-20-27(25)35(31(34)37)23-24-17-13-12-14-18-24/h12-21,28-29H,22-23H2,1-11H3/t28-,29-,34-/m1/s1. The Bertz CT molecular complexity index is 1360. The predicted molar refractivity (Wildman–Crippen MR) is 175 cm³/mol. The topological polar surface area (TPSA) is 65.1 Å². The highest BCUT2D eigenvalue weighted by atomic mass is 28.4. The molecule has 2 aromatic rings. The van der Waals surface area contributed by atoms with Gasteiger partial charge in [-0.1, -0.05) is 90.1 Å². The van der Waals surface area contributed by atoms with Gasteiger partial charge >= 0.3 is 5.97 Å². The third kappa shape index (κ3) is 5.71. The van der Waals surface area contributed by atoms with Crippen molar-refractivity contribution in [2.45, 2.75) is 108 Å². The number of fused-ring (bicyclic) bond motifs is 2. The van der Waals surface area contributed by atoms with Crippen LogP contribution in [0.4, 0.5) is 5.69 Å². The van der Waals surface area contributed by atoms with Gasteiger partial charge in [0.1, 0.15) is 5.41 Å². The number of para-hydroxylation sites is 1. The van der Waals surface area contributed by atoms with E-state index in [2.05, 4.69) is 67.7 Å². The van der Waals surface area contributed by atoms with Crippen molar-refractivity contribution in [3.05, 3.63) is 77.4 Å². The molecule has 1 aliphatic carbocycles. The number of benzene rings is 2. The fraction of sp³-hybridized carbons (Fsp3) is 0.529. The summed E-state index contributed by atoms with van der Waals surface area (Å²) in [6, 6.07) is 17.8. The summed E-state index contributed by atoms with van der Waals surface area (Å²) in [5.41, 5.74) is 1.76. The van der Waals surface area contributed by atoms with Crippen molar-refractivity contribution >= 4 is 34.2 Å². The fourth-order valence-corrected chi connectivity index (χ4v) is 8.07. The molecule has 0 saturated carbocycles. The fourth-order valence-electron chi connectivity index (χ4n) is 5.49. The Morgan fingerprint density at radius 3 is 2.00 bits per heavy atom. The number of amides is 1. The quantitative estimate of drug-likeness (QED) is 0.238. The largest absolute Gasteiger partial charge is 0.466 e. The molecular formula is C34H49NO5Si2. The summed E-state index contributed by atoms with van der Waals surface area (Å²) in [5.74, 6) is -0.631. The van der Waals surface area contributed by atoms with E-state index in [0.717, 1.165) is 16.8 Å². The van der Waals surface area contributed by atoms with Crippen molar-refractivity contribution in [2.75, 3.05) is 12.0 Å². The first kappa shape index (κ1) is 32.4. The van der Waals surface area contributed by atoms with Crippen LogP contribution in [0.25, 0.3) is 0 Å². The Morgan fingerprint density at radius 1 is 0.881 bits per heavy atom. The number of nitrogens with zero attached hydrogens (tertiary/aromatic N) is 1. The number of ether oxygens (including phenoxy) is 1. The molecule has 3 atom stereocenters. The maximum Gasteiger partial charge on any atom is 0.334 e. The minimum atomic E-state index is -2.31. The molecule has 0 fully saturated rings. The molecule has 2 aliphatic rings. The van der Waals surface area contributed by atoms with E-state index >= 15 is 0 Å². The Hall–Kier alpha value is -2.53.